The van der Waals surface area contributed by atoms with Crippen LogP contribution in [0.5, 0.6) is 0 Å². The van der Waals surface area contributed by atoms with Gasteiger partial charge in [-0.15, -0.1) is 24.0 Å². The molecule has 0 aromatic heterocycles. The molecule has 0 aromatic carbocycles. The first kappa shape index (κ1) is 9.21. The average Bonchev–Trinajstić information content (AvgIpc) is 1.37. The smallest absolute Gasteiger partial charge is 0.0533 e. The maximum Gasteiger partial charge on any atom is -0.0533 e. The zero-order chi connectivity index (χ0) is 3.41. The van der Waals surface area contributed by atoms with Gasteiger partial charge in [0.2, 0.25) is 0 Å². The van der Waals surface area contributed by atoms with Crippen molar-refractivity contribution in [3.05, 3.63) is 6.92 Å². The van der Waals surface area contributed by atoms with Gasteiger partial charge in [0.05, 0.1) is 0 Å². The van der Waals surface area contributed by atoms with E-state index in [-0.39, 0.29) is 24.0 Å². The Balaban J connectivity index is 0. The molecule has 0 nitrogen and oxygen atoms in total. The minimum absolute atomic E-state index is 0. The molecule has 0 aromatic rings. The summed E-state index contributed by atoms with van der Waals surface area (Å²) in [4.78, 5) is 0. The van der Waals surface area contributed by atoms with E-state index in [0.29, 0.717) is 0 Å². The zero-order valence-corrected chi connectivity index (χ0v) is 5.86. The molecule has 0 aliphatic heterocycles. The van der Waals surface area contributed by atoms with E-state index < -0.39 is 0 Å². The van der Waals surface area contributed by atoms with E-state index in [1.54, 1.807) is 0 Å². The summed E-state index contributed by atoms with van der Waals surface area (Å²) < 4.78 is 0. The van der Waals surface area contributed by atoms with Crippen LogP contribution in [0.1, 0.15) is 19.8 Å². The van der Waals surface area contributed by atoms with Crippen molar-refractivity contribution in [1.29, 1.82) is 0 Å². The van der Waals surface area contributed by atoms with Crippen LogP contribution >= 0.6 is 24.0 Å². The minimum atomic E-state index is 0. The molecule has 5 heavy (non-hydrogen) atoms. The average molecular weight is 185 g/mol. The first-order valence-corrected chi connectivity index (χ1v) is 1.71. The highest BCUT2D eigenvalue weighted by molar-refractivity contribution is 14.0. The van der Waals surface area contributed by atoms with Gasteiger partial charge >= 0.3 is 0 Å². The second-order valence-corrected chi connectivity index (χ2v) is 0.854. The van der Waals surface area contributed by atoms with E-state index in [9.17, 15) is 0 Å². The van der Waals surface area contributed by atoms with E-state index in [2.05, 4.69) is 13.8 Å². The summed E-state index contributed by atoms with van der Waals surface area (Å²) in [7, 11) is 0. The second kappa shape index (κ2) is 8.83. The molecular weight excluding hydrogens is 175 g/mol. The lowest BCUT2D eigenvalue weighted by molar-refractivity contribution is 0.956. The summed E-state index contributed by atoms with van der Waals surface area (Å²) in [6.07, 6.45) is 2.28. The van der Waals surface area contributed by atoms with Gasteiger partial charge in [0.1, 0.15) is 0 Å². The van der Waals surface area contributed by atoms with Gasteiger partial charge in [0.15, 0.2) is 0 Å². The number of rotatable bonds is 1. The first-order chi connectivity index (χ1) is 1.91. The summed E-state index contributed by atoms with van der Waals surface area (Å²) in [5.41, 5.74) is 0. The number of hydrogen-bond acceptors (Lipinski definition) is 0. The second-order valence-electron chi connectivity index (χ2n) is 0.854. The molecule has 0 heterocycles. The highest BCUT2D eigenvalue weighted by Gasteiger charge is 1.56. The van der Waals surface area contributed by atoms with Crippen molar-refractivity contribution in [2.75, 3.05) is 0 Å². The SMILES string of the molecule is I.[CH2]CCC. The Hall–Kier alpha value is 0.730. The van der Waals surface area contributed by atoms with Crippen LogP contribution in [0, 0.1) is 6.92 Å². The summed E-state index contributed by atoms with van der Waals surface area (Å²) in [6, 6.07) is 0. The van der Waals surface area contributed by atoms with E-state index in [0.717, 1.165) is 6.42 Å². The normalized spacial score (nSPS) is 6.00. The van der Waals surface area contributed by atoms with Crippen LogP contribution in [-0.4, -0.2) is 0 Å². The van der Waals surface area contributed by atoms with Crippen LogP contribution in [0.15, 0.2) is 0 Å². The molecule has 0 unspecified atom stereocenters. The van der Waals surface area contributed by atoms with Crippen molar-refractivity contribution < 1.29 is 0 Å². The molecule has 1 radical (unpaired) electrons. The fourth-order valence-corrected chi connectivity index (χ4v) is 0. The number of unbranched alkanes of at least 4 members (excludes halogenated alkanes) is 1. The fraction of sp³-hybridized carbons (Fsp3) is 0.750. The van der Waals surface area contributed by atoms with Gasteiger partial charge in [0.25, 0.3) is 0 Å². The molecule has 0 fully saturated rings. The van der Waals surface area contributed by atoms with Crippen molar-refractivity contribution in [2.24, 2.45) is 0 Å². The Morgan fingerprint density at radius 1 is 1.60 bits per heavy atom. The third kappa shape index (κ3) is 11.8. The quantitative estimate of drug-likeness (QED) is 0.549. The Kier molecular flexibility index (Phi) is 16.3. The molecule has 0 spiro atoms. The van der Waals surface area contributed by atoms with E-state index in [1.165, 1.54) is 6.42 Å². The summed E-state index contributed by atoms with van der Waals surface area (Å²) in [5, 5.41) is 0. The molecule has 0 N–H and O–H groups in total. The van der Waals surface area contributed by atoms with Crippen LogP contribution < -0.4 is 0 Å². The third-order valence-electron chi connectivity index (χ3n) is 0.354. The standard InChI is InChI=1S/C4H9.HI/c1-3-4-2;/h1,3-4H2,2H3;1H. The lowest BCUT2D eigenvalue weighted by Gasteiger charge is -1.67. The fourth-order valence-electron chi connectivity index (χ4n) is 0. The molecule has 33 valence electrons. The number of hydrogen-bond donors (Lipinski definition) is 0. The molecule has 0 atom stereocenters. The van der Waals surface area contributed by atoms with Gasteiger partial charge in [-0.05, 0) is 0 Å². The third-order valence-corrected chi connectivity index (χ3v) is 0.354. The van der Waals surface area contributed by atoms with Crippen LogP contribution in [0.3, 0.4) is 0 Å². The summed E-state index contributed by atoms with van der Waals surface area (Å²) >= 11 is 0. The van der Waals surface area contributed by atoms with E-state index in [4.69, 9.17) is 0 Å². The van der Waals surface area contributed by atoms with Crippen molar-refractivity contribution in [2.45, 2.75) is 19.8 Å². The van der Waals surface area contributed by atoms with Crippen LogP contribution in [0.25, 0.3) is 0 Å². The highest BCUT2D eigenvalue weighted by Crippen LogP contribution is 1.75. The molecule has 1 heteroatoms. The molecular formula is C4H10I. The monoisotopic (exact) mass is 185 g/mol. The van der Waals surface area contributed by atoms with Crippen molar-refractivity contribution >= 4 is 24.0 Å². The molecule has 0 bridgehead atoms. The lowest BCUT2D eigenvalue weighted by Crippen LogP contribution is -1.48. The van der Waals surface area contributed by atoms with Crippen LogP contribution in [0.2, 0.25) is 0 Å². The Bertz CT molecular complexity index is 5.61. The van der Waals surface area contributed by atoms with Gasteiger partial charge in [-0.1, -0.05) is 26.7 Å². The van der Waals surface area contributed by atoms with Gasteiger partial charge in [0, 0.05) is 0 Å². The Labute approximate surface area is 51.0 Å². The molecule has 0 aliphatic rings. The minimum Gasteiger partial charge on any atom is -0.107 e. The van der Waals surface area contributed by atoms with Gasteiger partial charge in [-0.25, -0.2) is 0 Å². The Morgan fingerprint density at radius 2 is 1.80 bits per heavy atom. The molecule has 0 saturated heterocycles. The Morgan fingerprint density at radius 3 is 1.80 bits per heavy atom. The molecule has 0 rings (SSSR count). The predicted molar refractivity (Wildman–Crippen MR) is 35.7 cm³/mol. The van der Waals surface area contributed by atoms with Crippen molar-refractivity contribution in [3.63, 3.8) is 0 Å². The predicted octanol–water partition coefficient (Wildman–Crippen LogP) is 2.24. The van der Waals surface area contributed by atoms with E-state index in [1.807, 2.05) is 0 Å². The van der Waals surface area contributed by atoms with Crippen molar-refractivity contribution in [3.8, 4) is 0 Å². The van der Waals surface area contributed by atoms with Crippen LogP contribution in [0.4, 0.5) is 0 Å². The number of halogens is 1. The summed E-state index contributed by atoms with van der Waals surface area (Å²) in [6.45, 7) is 5.72. The first-order valence-electron chi connectivity index (χ1n) is 1.71. The largest absolute Gasteiger partial charge is 0.107 e. The van der Waals surface area contributed by atoms with Gasteiger partial charge in [-0.2, -0.15) is 0 Å². The maximum absolute atomic E-state index is 3.60. The van der Waals surface area contributed by atoms with Gasteiger partial charge in [-0.3, -0.25) is 0 Å². The van der Waals surface area contributed by atoms with Crippen LogP contribution in [-0.2, 0) is 0 Å². The zero-order valence-electron chi connectivity index (χ0n) is 3.53. The summed E-state index contributed by atoms with van der Waals surface area (Å²) in [5.74, 6) is 0. The van der Waals surface area contributed by atoms with Gasteiger partial charge < -0.3 is 0 Å². The molecule has 0 aliphatic carbocycles. The maximum atomic E-state index is 3.60. The topological polar surface area (TPSA) is 0 Å². The molecule has 0 amide bonds. The highest BCUT2D eigenvalue weighted by atomic mass is 127. The lowest BCUT2D eigenvalue weighted by atomic mass is 10.4. The van der Waals surface area contributed by atoms with Crippen molar-refractivity contribution in [1.82, 2.24) is 0 Å². The molecule has 0 saturated carbocycles. The van der Waals surface area contributed by atoms with E-state index >= 15 is 0 Å².